The third-order valence-corrected chi connectivity index (χ3v) is 4.43. The fourth-order valence-electron chi connectivity index (χ4n) is 1.50. The van der Waals surface area contributed by atoms with E-state index in [-0.39, 0.29) is 10.0 Å². The molecule has 0 spiro atoms. The fraction of sp³-hybridized carbons (Fsp3) is 0.300. The second kappa shape index (κ2) is 4.53. The standard InChI is InChI=1S/C10H11ClN2O2S/c11-10-5-4-9(8-12-10)16(14,15)13-6-2-1-3-7-13/h1-2,4-5,8H,3,6-7H2. The maximum atomic E-state index is 12.1. The normalized spacial score (nSPS) is 17.6. The van der Waals surface area contributed by atoms with Crippen LogP contribution in [0.1, 0.15) is 6.42 Å². The zero-order chi connectivity index (χ0) is 11.6. The van der Waals surface area contributed by atoms with Crippen LogP contribution in [0.15, 0.2) is 35.4 Å². The van der Waals surface area contributed by atoms with Crippen LogP contribution in [-0.4, -0.2) is 30.8 Å². The van der Waals surface area contributed by atoms with E-state index >= 15 is 0 Å². The highest BCUT2D eigenvalue weighted by Crippen LogP contribution is 2.18. The Morgan fingerprint density at radius 2 is 2.12 bits per heavy atom. The van der Waals surface area contributed by atoms with E-state index < -0.39 is 10.0 Å². The van der Waals surface area contributed by atoms with Crippen molar-refractivity contribution in [1.82, 2.24) is 9.29 Å². The molecule has 2 rings (SSSR count). The molecule has 4 nitrogen and oxygen atoms in total. The van der Waals surface area contributed by atoms with Crippen LogP contribution in [0.5, 0.6) is 0 Å². The highest BCUT2D eigenvalue weighted by atomic mass is 35.5. The monoisotopic (exact) mass is 258 g/mol. The third kappa shape index (κ3) is 2.26. The molecule has 0 aliphatic carbocycles. The summed E-state index contributed by atoms with van der Waals surface area (Å²) >= 11 is 5.62. The lowest BCUT2D eigenvalue weighted by molar-refractivity contribution is 0.437. The minimum atomic E-state index is -3.42. The van der Waals surface area contributed by atoms with E-state index in [4.69, 9.17) is 11.6 Å². The number of nitrogens with zero attached hydrogens (tertiary/aromatic N) is 2. The van der Waals surface area contributed by atoms with Crippen molar-refractivity contribution in [3.05, 3.63) is 35.6 Å². The van der Waals surface area contributed by atoms with Crippen LogP contribution in [0.2, 0.25) is 5.15 Å². The molecule has 0 saturated carbocycles. The third-order valence-electron chi connectivity index (χ3n) is 2.36. The summed E-state index contributed by atoms with van der Waals surface area (Å²) in [6.45, 7) is 0.937. The van der Waals surface area contributed by atoms with Crippen LogP contribution < -0.4 is 0 Å². The number of hydrogen-bond donors (Lipinski definition) is 0. The van der Waals surface area contributed by atoms with Gasteiger partial charge in [-0.15, -0.1) is 0 Å². The molecule has 0 N–H and O–H groups in total. The van der Waals surface area contributed by atoms with Crippen LogP contribution in [0, 0.1) is 0 Å². The average molecular weight is 259 g/mol. The molecule has 0 unspecified atom stereocenters. The average Bonchev–Trinajstić information content (AvgIpc) is 2.31. The van der Waals surface area contributed by atoms with E-state index in [9.17, 15) is 8.42 Å². The van der Waals surface area contributed by atoms with E-state index in [2.05, 4.69) is 4.98 Å². The number of aromatic nitrogens is 1. The summed E-state index contributed by atoms with van der Waals surface area (Å²) < 4.78 is 25.6. The molecular weight excluding hydrogens is 248 g/mol. The molecule has 0 fully saturated rings. The topological polar surface area (TPSA) is 50.3 Å². The van der Waals surface area contributed by atoms with Gasteiger partial charge in [0, 0.05) is 19.3 Å². The summed E-state index contributed by atoms with van der Waals surface area (Å²) in [5.74, 6) is 0. The van der Waals surface area contributed by atoms with Crippen molar-refractivity contribution in [2.75, 3.05) is 13.1 Å². The smallest absolute Gasteiger partial charge is 0.243 e. The molecule has 6 heteroatoms. The summed E-state index contributed by atoms with van der Waals surface area (Å²) in [7, 11) is -3.42. The predicted octanol–water partition coefficient (Wildman–Crippen LogP) is 1.69. The van der Waals surface area contributed by atoms with Gasteiger partial charge in [0.25, 0.3) is 0 Å². The van der Waals surface area contributed by atoms with E-state index in [0.29, 0.717) is 13.1 Å². The number of hydrogen-bond acceptors (Lipinski definition) is 3. The van der Waals surface area contributed by atoms with Crippen molar-refractivity contribution >= 4 is 21.6 Å². The predicted molar refractivity (Wildman–Crippen MR) is 61.8 cm³/mol. The van der Waals surface area contributed by atoms with E-state index in [1.165, 1.54) is 22.6 Å². The van der Waals surface area contributed by atoms with Crippen LogP contribution in [0.4, 0.5) is 0 Å². The molecule has 0 atom stereocenters. The van der Waals surface area contributed by atoms with Crippen molar-refractivity contribution in [2.24, 2.45) is 0 Å². The van der Waals surface area contributed by atoms with Gasteiger partial charge in [-0.3, -0.25) is 0 Å². The number of rotatable bonds is 2. The lowest BCUT2D eigenvalue weighted by Crippen LogP contribution is -2.33. The zero-order valence-electron chi connectivity index (χ0n) is 8.51. The van der Waals surface area contributed by atoms with E-state index in [1.54, 1.807) is 0 Å². The molecule has 0 radical (unpaired) electrons. The highest BCUT2D eigenvalue weighted by molar-refractivity contribution is 7.89. The van der Waals surface area contributed by atoms with Gasteiger partial charge in [-0.25, -0.2) is 13.4 Å². The largest absolute Gasteiger partial charge is 0.244 e. The molecule has 16 heavy (non-hydrogen) atoms. The van der Waals surface area contributed by atoms with Crippen LogP contribution in [0.3, 0.4) is 0 Å². The molecule has 1 aliphatic rings. The molecular formula is C10H11ClN2O2S. The first kappa shape index (κ1) is 11.6. The minimum Gasteiger partial charge on any atom is -0.243 e. The molecule has 1 aromatic rings. The van der Waals surface area contributed by atoms with Crippen LogP contribution >= 0.6 is 11.6 Å². The summed E-state index contributed by atoms with van der Waals surface area (Å²) in [6.07, 6.45) is 5.87. The van der Waals surface area contributed by atoms with Gasteiger partial charge in [-0.2, -0.15) is 4.31 Å². The Kier molecular flexibility index (Phi) is 3.28. The molecule has 0 aromatic carbocycles. The van der Waals surface area contributed by atoms with Crippen molar-refractivity contribution in [1.29, 1.82) is 0 Å². The maximum Gasteiger partial charge on any atom is 0.244 e. The SMILES string of the molecule is O=S(=O)(c1ccc(Cl)nc1)N1CC=CCC1. The first-order valence-electron chi connectivity index (χ1n) is 4.87. The Balaban J connectivity index is 2.31. The summed E-state index contributed by atoms with van der Waals surface area (Å²) in [6, 6.07) is 2.96. The molecule has 0 amide bonds. The van der Waals surface area contributed by atoms with Gasteiger partial charge in [0.1, 0.15) is 10.0 Å². The molecule has 1 aromatic heterocycles. The summed E-state index contributed by atoms with van der Waals surface area (Å²) in [5.41, 5.74) is 0. The van der Waals surface area contributed by atoms with Crippen molar-refractivity contribution in [2.45, 2.75) is 11.3 Å². The van der Waals surface area contributed by atoms with Crippen molar-refractivity contribution in [3.63, 3.8) is 0 Å². The van der Waals surface area contributed by atoms with E-state index in [0.717, 1.165) is 6.42 Å². The van der Waals surface area contributed by atoms with Gasteiger partial charge in [0.15, 0.2) is 0 Å². The molecule has 0 bridgehead atoms. The van der Waals surface area contributed by atoms with Gasteiger partial charge in [-0.1, -0.05) is 23.8 Å². The van der Waals surface area contributed by atoms with Crippen molar-refractivity contribution < 1.29 is 8.42 Å². The Bertz CT molecular complexity index is 496. The minimum absolute atomic E-state index is 0.187. The maximum absolute atomic E-state index is 12.1. The van der Waals surface area contributed by atoms with Gasteiger partial charge in [-0.05, 0) is 18.6 Å². The lowest BCUT2D eigenvalue weighted by Gasteiger charge is -2.22. The van der Waals surface area contributed by atoms with Gasteiger partial charge in [0.05, 0.1) is 0 Å². The number of pyridine rings is 1. The Morgan fingerprint density at radius 3 is 2.69 bits per heavy atom. The number of sulfonamides is 1. The summed E-state index contributed by atoms with van der Waals surface area (Å²) in [4.78, 5) is 3.97. The lowest BCUT2D eigenvalue weighted by atomic mass is 10.3. The molecule has 1 aliphatic heterocycles. The summed E-state index contributed by atoms with van der Waals surface area (Å²) in [5, 5.41) is 0.289. The Hall–Kier alpha value is -0.910. The van der Waals surface area contributed by atoms with E-state index in [1.807, 2.05) is 12.2 Å². The molecule has 2 heterocycles. The van der Waals surface area contributed by atoms with Crippen LogP contribution in [0.25, 0.3) is 0 Å². The van der Waals surface area contributed by atoms with Crippen molar-refractivity contribution in [3.8, 4) is 0 Å². The molecule has 86 valence electrons. The quantitative estimate of drug-likeness (QED) is 0.599. The van der Waals surface area contributed by atoms with Crippen LogP contribution in [-0.2, 0) is 10.0 Å². The highest BCUT2D eigenvalue weighted by Gasteiger charge is 2.24. The molecule has 0 saturated heterocycles. The zero-order valence-corrected chi connectivity index (χ0v) is 10.1. The first-order valence-corrected chi connectivity index (χ1v) is 6.69. The first-order chi connectivity index (χ1) is 7.60. The second-order valence-corrected chi connectivity index (χ2v) is 5.76. The second-order valence-electron chi connectivity index (χ2n) is 3.44. The Morgan fingerprint density at radius 1 is 1.31 bits per heavy atom. The number of halogens is 1. The van der Waals surface area contributed by atoms with Gasteiger partial charge in [0.2, 0.25) is 10.0 Å². The Labute approximate surface area is 99.6 Å². The van der Waals surface area contributed by atoms with Gasteiger partial charge >= 0.3 is 0 Å². The van der Waals surface area contributed by atoms with Gasteiger partial charge < -0.3 is 0 Å². The fourth-order valence-corrected chi connectivity index (χ4v) is 2.97.